The Morgan fingerprint density at radius 2 is 1.83 bits per heavy atom. The fourth-order valence-corrected chi connectivity index (χ4v) is 4.04. The Morgan fingerprint density at radius 3 is 2.67 bits per heavy atom. The number of aryl methyl sites for hydroxylation is 1. The van der Waals surface area contributed by atoms with E-state index in [0.29, 0.717) is 13.0 Å². The van der Waals surface area contributed by atoms with Crippen LogP contribution in [-0.2, 0) is 11.2 Å². The van der Waals surface area contributed by atoms with Crippen LogP contribution in [0, 0.1) is 0 Å². The Kier molecular flexibility index (Phi) is 4.97. The molecule has 1 fully saturated rings. The third kappa shape index (κ3) is 3.81. The first-order chi connectivity index (χ1) is 14.8. The molecule has 6 nitrogen and oxygen atoms in total. The molecule has 1 aliphatic heterocycles. The molecular weight excluding hydrogens is 374 g/mol. The minimum Gasteiger partial charge on any atom is -0.342 e. The van der Waals surface area contributed by atoms with E-state index in [9.17, 15) is 4.79 Å². The van der Waals surface area contributed by atoms with Crippen LogP contribution in [0.1, 0.15) is 30.1 Å². The van der Waals surface area contributed by atoms with E-state index in [2.05, 4.69) is 23.2 Å². The van der Waals surface area contributed by atoms with Gasteiger partial charge in [-0.25, -0.2) is 9.50 Å². The molecule has 1 atom stereocenters. The van der Waals surface area contributed by atoms with E-state index < -0.39 is 0 Å². The first kappa shape index (κ1) is 18.5. The number of carbonyl (C=O) groups excluding carboxylic acids is 1. The quantitative estimate of drug-likeness (QED) is 0.515. The van der Waals surface area contributed by atoms with Crippen molar-refractivity contribution in [2.24, 2.45) is 0 Å². The van der Waals surface area contributed by atoms with Crippen LogP contribution in [0.15, 0.2) is 73.2 Å². The van der Waals surface area contributed by atoms with Crippen molar-refractivity contribution in [3.63, 3.8) is 0 Å². The molecule has 0 saturated carbocycles. The van der Waals surface area contributed by atoms with Gasteiger partial charge >= 0.3 is 0 Å². The molecule has 1 aromatic carbocycles. The van der Waals surface area contributed by atoms with E-state index in [4.69, 9.17) is 10.1 Å². The number of amides is 1. The number of hydrogen-bond acceptors (Lipinski definition) is 4. The summed E-state index contributed by atoms with van der Waals surface area (Å²) in [6.07, 6.45) is 7.81. The molecule has 0 radical (unpaired) electrons. The van der Waals surface area contributed by atoms with Gasteiger partial charge in [-0.15, -0.1) is 0 Å². The SMILES string of the molecule is O=C(CCc1ccccc1)N1CC[C@@H](c2nc3ccc(-c4ccncc4)cn3n2)C1. The van der Waals surface area contributed by atoms with Gasteiger partial charge in [-0.2, -0.15) is 5.10 Å². The van der Waals surface area contributed by atoms with Crippen molar-refractivity contribution in [1.82, 2.24) is 24.5 Å². The first-order valence-corrected chi connectivity index (χ1v) is 10.3. The van der Waals surface area contributed by atoms with Crippen LogP contribution in [0.4, 0.5) is 0 Å². The number of rotatable bonds is 5. The zero-order valence-corrected chi connectivity index (χ0v) is 16.7. The van der Waals surface area contributed by atoms with Gasteiger partial charge in [0.25, 0.3) is 0 Å². The van der Waals surface area contributed by atoms with Crippen LogP contribution in [0.2, 0.25) is 0 Å². The fraction of sp³-hybridized carbons (Fsp3) is 0.250. The molecule has 6 heteroatoms. The first-order valence-electron chi connectivity index (χ1n) is 10.3. The zero-order chi connectivity index (χ0) is 20.3. The van der Waals surface area contributed by atoms with E-state index in [1.54, 1.807) is 12.4 Å². The van der Waals surface area contributed by atoms with Gasteiger partial charge in [-0.1, -0.05) is 30.3 Å². The number of pyridine rings is 2. The Balaban J connectivity index is 1.26. The minimum absolute atomic E-state index is 0.190. The van der Waals surface area contributed by atoms with Crippen molar-refractivity contribution in [3.05, 3.63) is 84.6 Å². The van der Waals surface area contributed by atoms with Crippen molar-refractivity contribution in [2.45, 2.75) is 25.2 Å². The molecule has 4 aromatic rings. The van der Waals surface area contributed by atoms with Crippen LogP contribution >= 0.6 is 0 Å². The van der Waals surface area contributed by atoms with Crippen molar-refractivity contribution in [1.29, 1.82) is 0 Å². The molecule has 0 N–H and O–H groups in total. The van der Waals surface area contributed by atoms with Gasteiger partial charge in [-0.3, -0.25) is 9.78 Å². The van der Waals surface area contributed by atoms with Crippen LogP contribution in [0.25, 0.3) is 16.8 Å². The smallest absolute Gasteiger partial charge is 0.222 e. The van der Waals surface area contributed by atoms with Crippen LogP contribution in [0.3, 0.4) is 0 Å². The van der Waals surface area contributed by atoms with Gasteiger partial charge in [0.1, 0.15) is 0 Å². The second-order valence-corrected chi connectivity index (χ2v) is 7.74. The largest absolute Gasteiger partial charge is 0.342 e. The molecule has 0 unspecified atom stereocenters. The van der Waals surface area contributed by atoms with Gasteiger partial charge in [0.2, 0.25) is 5.91 Å². The van der Waals surface area contributed by atoms with E-state index >= 15 is 0 Å². The number of fused-ring (bicyclic) bond motifs is 1. The van der Waals surface area contributed by atoms with E-state index in [1.807, 2.05) is 52.0 Å². The summed E-state index contributed by atoms with van der Waals surface area (Å²) in [5.74, 6) is 1.22. The molecule has 1 aliphatic rings. The third-order valence-corrected chi connectivity index (χ3v) is 5.74. The third-order valence-electron chi connectivity index (χ3n) is 5.74. The molecule has 0 bridgehead atoms. The summed E-state index contributed by atoms with van der Waals surface area (Å²) >= 11 is 0. The van der Waals surface area contributed by atoms with Crippen LogP contribution in [0.5, 0.6) is 0 Å². The number of nitrogens with zero attached hydrogens (tertiary/aromatic N) is 5. The lowest BCUT2D eigenvalue weighted by atomic mass is 10.1. The highest BCUT2D eigenvalue weighted by molar-refractivity contribution is 5.76. The number of aromatic nitrogens is 4. The molecule has 5 rings (SSSR count). The summed E-state index contributed by atoms with van der Waals surface area (Å²) in [5.41, 5.74) is 4.20. The van der Waals surface area contributed by atoms with Gasteiger partial charge in [0.05, 0.1) is 0 Å². The predicted molar refractivity (Wildman–Crippen MR) is 115 cm³/mol. The number of carbonyl (C=O) groups is 1. The average Bonchev–Trinajstić information content (AvgIpc) is 3.45. The molecule has 0 spiro atoms. The Bertz CT molecular complexity index is 1160. The van der Waals surface area contributed by atoms with Crippen LogP contribution < -0.4 is 0 Å². The highest BCUT2D eigenvalue weighted by Gasteiger charge is 2.29. The molecular formula is C24H23N5O. The van der Waals surface area contributed by atoms with E-state index in [1.165, 1.54) is 5.56 Å². The maximum atomic E-state index is 12.6. The predicted octanol–water partition coefficient (Wildman–Crippen LogP) is 3.74. The van der Waals surface area contributed by atoms with Gasteiger partial charge < -0.3 is 4.90 Å². The number of benzene rings is 1. The summed E-state index contributed by atoms with van der Waals surface area (Å²) in [6.45, 7) is 1.47. The van der Waals surface area contributed by atoms with Crippen LogP contribution in [-0.4, -0.2) is 43.5 Å². The minimum atomic E-state index is 0.190. The molecule has 3 aromatic heterocycles. The van der Waals surface area contributed by atoms with Gasteiger partial charge in [-0.05, 0) is 48.2 Å². The molecule has 150 valence electrons. The van der Waals surface area contributed by atoms with Gasteiger partial charge in [0, 0.05) is 49.6 Å². The zero-order valence-electron chi connectivity index (χ0n) is 16.7. The second kappa shape index (κ2) is 8.06. The van der Waals surface area contributed by atoms with Gasteiger partial charge in [0.15, 0.2) is 11.5 Å². The topological polar surface area (TPSA) is 63.4 Å². The monoisotopic (exact) mass is 397 g/mol. The maximum absolute atomic E-state index is 12.6. The lowest BCUT2D eigenvalue weighted by molar-refractivity contribution is -0.130. The molecule has 4 heterocycles. The lowest BCUT2D eigenvalue weighted by Crippen LogP contribution is -2.28. The van der Waals surface area contributed by atoms with E-state index in [-0.39, 0.29) is 11.8 Å². The summed E-state index contributed by atoms with van der Waals surface area (Å²) in [6, 6.07) is 18.2. The molecule has 0 aliphatic carbocycles. The Hall–Kier alpha value is -3.54. The van der Waals surface area contributed by atoms with Crippen molar-refractivity contribution < 1.29 is 4.79 Å². The normalized spacial score (nSPS) is 16.3. The lowest BCUT2D eigenvalue weighted by Gasteiger charge is -2.15. The summed E-state index contributed by atoms with van der Waals surface area (Å²) in [5, 5.41) is 4.72. The number of likely N-dealkylation sites (tertiary alicyclic amines) is 1. The molecule has 30 heavy (non-hydrogen) atoms. The van der Waals surface area contributed by atoms with Crippen molar-refractivity contribution in [2.75, 3.05) is 13.1 Å². The summed E-state index contributed by atoms with van der Waals surface area (Å²) in [4.78, 5) is 23.4. The summed E-state index contributed by atoms with van der Waals surface area (Å²) in [7, 11) is 0. The summed E-state index contributed by atoms with van der Waals surface area (Å²) < 4.78 is 1.84. The highest BCUT2D eigenvalue weighted by atomic mass is 16.2. The van der Waals surface area contributed by atoms with Crippen molar-refractivity contribution in [3.8, 4) is 11.1 Å². The number of hydrogen-bond donors (Lipinski definition) is 0. The maximum Gasteiger partial charge on any atom is 0.222 e. The Labute approximate surface area is 175 Å². The van der Waals surface area contributed by atoms with E-state index in [0.717, 1.165) is 42.0 Å². The fourth-order valence-electron chi connectivity index (χ4n) is 4.04. The second-order valence-electron chi connectivity index (χ2n) is 7.74. The highest BCUT2D eigenvalue weighted by Crippen LogP contribution is 2.27. The molecule has 1 saturated heterocycles. The molecule has 1 amide bonds. The van der Waals surface area contributed by atoms with Crippen molar-refractivity contribution >= 4 is 11.6 Å². The standard InChI is InChI=1S/C24H23N5O/c30-23(9-6-18-4-2-1-3-5-18)28-15-12-21(16-28)24-26-22-8-7-20(17-29(22)27-24)19-10-13-25-14-11-19/h1-5,7-8,10-11,13-14,17,21H,6,9,12,15-16H2/t21-/m1/s1. The Morgan fingerprint density at radius 1 is 1.00 bits per heavy atom. The average molecular weight is 397 g/mol.